The summed E-state index contributed by atoms with van der Waals surface area (Å²) in [7, 11) is 0. The van der Waals surface area contributed by atoms with Crippen LogP contribution in [-0.2, 0) is 9.53 Å². The number of aromatic nitrogens is 1. The molecule has 3 aromatic rings. The number of fused-ring (bicyclic) bond motifs is 1. The lowest BCUT2D eigenvalue weighted by Crippen LogP contribution is -2.26. The fourth-order valence-electron chi connectivity index (χ4n) is 3.22. The zero-order chi connectivity index (χ0) is 17.2. The van der Waals surface area contributed by atoms with Gasteiger partial charge in [0, 0.05) is 10.9 Å². The van der Waals surface area contributed by atoms with Crippen LogP contribution in [0.2, 0.25) is 0 Å². The van der Waals surface area contributed by atoms with Crippen LogP contribution in [0.3, 0.4) is 0 Å². The lowest BCUT2D eigenvalue weighted by molar-refractivity contribution is -0.150. The Morgan fingerprint density at radius 1 is 1.00 bits per heavy atom. The van der Waals surface area contributed by atoms with Gasteiger partial charge in [-0.25, -0.2) is 0 Å². The van der Waals surface area contributed by atoms with Crippen molar-refractivity contribution in [3.05, 3.63) is 60.2 Å². The van der Waals surface area contributed by atoms with Crippen LogP contribution in [0.1, 0.15) is 29.6 Å². The van der Waals surface area contributed by atoms with Crippen molar-refractivity contribution in [1.82, 2.24) is 4.98 Å². The minimum absolute atomic E-state index is 0.0237. The molecule has 0 aliphatic heterocycles. The van der Waals surface area contributed by atoms with Crippen LogP contribution in [0.5, 0.6) is 0 Å². The zero-order valence-corrected chi connectivity index (χ0v) is 13.8. The summed E-state index contributed by atoms with van der Waals surface area (Å²) >= 11 is 0. The normalized spacial score (nSPS) is 14.2. The Labute approximate surface area is 145 Å². The number of esters is 1. The maximum atomic E-state index is 12.9. The number of rotatable bonds is 5. The standard InChI is InChI=1S/C21H19NO3/c23-18(13-25-21(24)15-9-6-10-15)19-16-11-4-5-12-17(16)22-20(19)14-7-2-1-3-8-14/h1-5,7-8,11-12,15,22H,6,9-10,13H2. The van der Waals surface area contributed by atoms with Crippen LogP contribution in [-0.4, -0.2) is 23.3 Å². The molecule has 1 saturated carbocycles. The molecule has 2 aromatic carbocycles. The van der Waals surface area contributed by atoms with Gasteiger partial charge in [-0.15, -0.1) is 0 Å². The third-order valence-corrected chi connectivity index (χ3v) is 4.83. The smallest absolute Gasteiger partial charge is 0.309 e. The molecule has 126 valence electrons. The second-order valence-electron chi connectivity index (χ2n) is 6.45. The SMILES string of the molecule is O=C(COC(=O)C1CCC1)c1c(-c2ccccc2)[nH]c2ccccc12. The van der Waals surface area contributed by atoms with E-state index < -0.39 is 0 Å². The first-order chi connectivity index (χ1) is 12.2. The largest absolute Gasteiger partial charge is 0.457 e. The average Bonchev–Trinajstić information content (AvgIpc) is 2.98. The number of benzene rings is 2. The molecule has 0 atom stereocenters. The van der Waals surface area contributed by atoms with E-state index in [4.69, 9.17) is 4.74 Å². The minimum Gasteiger partial charge on any atom is -0.457 e. The highest BCUT2D eigenvalue weighted by atomic mass is 16.5. The van der Waals surface area contributed by atoms with Crippen molar-refractivity contribution in [2.24, 2.45) is 5.92 Å². The highest BCUT2D eigenvalue weighted by Crippen LogP contribution is 2.31. The summed E-state index contributed by atoms with van der Waals surface area (Å²) in [6.07, 6.45) is 2.80. The predicted molar refractivity (Wildman–Crippen MR) is 96.4 cm³/mol. The lowest BCUT2D eigenvalue weighted by Gasteiger charge is -2.22. The maximum Gasteiger partial charge on any atom is 0.309 e. The van der Waals surface area contributed by atoms with Crippen LogP contribution < -0.4 is 0 Å². The van der Waals surface area contributed by atoms with Gasteiger partial charge < -0.3 is 9.72 Å². The Bertz CT molecular complexity index is 923. The Morgan fingerprint density at radius 2 is 1.72 bits per heavy atom. The highest BCUT2D eigenvalue weighted by Gasteiger charge is 2.28. The van der Waals surface area contributed by atoms with Crippen LogP contribution in [0.4, 0.5) is 0 Å². The van der Waals surface area contributed by atoms with Gasteiger partial charge in [-0.05, 0) is 24.5 Å². The molecule has 4 heteroatoms. The van der Waals surface area contributed by atoms with E-state index in [2.05, 4.69) is 4.98 Å². The van der Waals surface area contributed by atoms with Crippen molar-refractivity contribution < 1.29 is 14.3 Å². The number of hydrogen-bond donors (Lipinski definition) is 1. The van der Waals surface area contributed by atoms with Crippen molar-refractivity contribution >= 4 is 22.7 Å². The number of hydrogen-bond acceptors (Lipinski definition) is 3. The summed E-state index contributed by atoms with van der Waals surface area (Å²) in [5.74, 6) is -0.450. The average molecular weight is 333 g/mol. The molecule has 0 amide bonds. The first-order valence-corrected chi connectivity index (χ1v) is 8.60. The first-order valence-electron chi connectivity index (χ1n) is 8.60. The number of aromatic amines is 1. The fraction of sp³-hybridized carbons (Fsp3) is 0.238. The number of Topliss-reactive ketones (excluding diaryl/α,β-unsaturated/α-hetero) is 1. The lowest BCUT2D eigenvalue weighted by atomic mass is 9.86. The molecule has 4 nitrogen and oxygen atoms in total. The minimum atomic E-state index is -0.249. The molecule has 4 rings (SSSR count). The van der Waals surface area contributed by atoms with Gasteiger partial charge in [0.1, 0.15) is 0 Å². The van der Waals surface area contributed by atoms with Gasteiger partial charge in [0.25, 0.3) is 0 Å². The van der Waals surface area contributed by atoms with E-state index in [0.717, 1.165) is 41.4 Å². The summed E-state index contributed by atoms with van der Waals surface area (Å²) in [6.45, 7) is -0.211. The number of ether oxygens (including phenoxy) is 1. The van der Waals surface area contributed by atoms with Crippen LogP contribution >= 0.6 is 0 Å². The zero-order valence-electron chi connectivity index (χ0n) is 13.8. The number of carbonyl (C=O) groups is 2. The molecular formula is C21H19NO3. The van der Waals surface area contributed by atoms with Gasteiger partial charge in [0.2, 0.25) is 5.78 Å². The van der Waals surface area contributed by atoms with E-state index in [1.165, 1.54) is 0 Å². The van der Waals surface area contributed by atoms with Gasteiger partial charge in [-0.1, -0.05) is 55.0 Å². The summed E-state index contributed by atoms with van der Waals surface area (Å²) in [4.78, 5) is 28.1. The molecule has 1 heterocycles. The Hall–Kier alpha value is -2.88. The number of carbonyl (C=O) groups excluding carboxylic acids is 2. The highest BCUT2D eigenvalue weighted by molar-refractivity contribution is 6.14. The Kier molecular flexibility index (Phi) is 4.10. The van der Waals surface area contributed by atoms with E-state index in [-0.39, 0.29) is 24.3 Å². The molecule has 1 aromatic heterocycles. The molecule has 0 radical (unpaired) electrons. The van der Waals surface area contributed by atoms with Gasteiger partial charge in [-0.3, -0.25) is 9.59 Å². The monoisotopic (exact) mass is 333 g/mol. The number of H-pyrrole nitrogens is 1. The quantitative estimate of drug-likeness (QED) is 0.557. The third-order valence-electron chi connectivity index (χ3n) is 4.83. The van der Waals surface area contributed by atoms with Crippen molar-refractivity contribution in [3.63, 3.8) is 0 Å². The van der Waals surface area contributed by atoms with E-state index >= 15 is 0 Å². The summed E-state index contributed by atoms with van der Waals surface area (Å²) in [6, 6.07) is 17.4. The van der Waals surface area contributed by atoms with E-state index in [1.807, 2.05) is 54.6 Å². The molecule has 25 heavy (non-hydrogen) atoms. The van der Waals surface area contributed by atoms with Crippen molar-refractivity contribution in [2.45, 2.75) is 19.3 Å². The topological polar surface area (TPSA) is 59.2 Å². The van der Waals surface area contributed by atoms with E-state index in [1.54, 1.807) is 0 Å². The molecule has 0 spiro atoms. The second kappa shape index (κ2) is 6.55. The Balaban J connectivity index is 1.67. The van der Waals surface area contributed by atoms with Crippen LogP contribution in [0.25, 0.3) is 22.2 Å². The first kappa shape index (κ1) is 15.6. The molecule has 1 aliphatic carbocycles. The van der Waals surface area contributed by atoms with Gasteiger partial charge in [-0.2, -0.15) is 0 Å². The van der Waals surface area contributed by atoms with Crippen LogP contribution in [0, 0.1) is 5.92 Å². The number of nitrogens with one attached hydrogen (secondary N) is 1. The van der Waals surface area contributed by atoms with Crippen LogP contribution in [0.15, 0.2) is 54.6 Å². The molecule has 0 bridgehead atoms. The predicted octanol–water partition coefficient (Wildman–Crippen LogP) is 4.36. The second-order valence-corrected chi connectivity index (χ2v) is 6.45. The van der Waals surface area contributed by atoms with E-state index in [9.17, 15) is 9.59 Å². The molecular weight excluding hydrogens is 314 g/mol. The van der Waals surface area contributed by atoms with Gasteiger partial charge >= 0.3 is 5.97 Å². The van der Waals surface area contributed by atoms with Crippen molar-refractivity contribution in [2.75, 3.05) is 6.61 Å². The summed E-state index contributed by atoms with van der Waals surface area (Å²) in [5.41, 5.74) is 3.19. The molecule has 1 N–H and O–H groups in total. The number of ketones is 1. The third kappa shape index (κ3) is 2.95. The summed E-state index contributed by atoms with van der Waals surface area (Å²) in [5, 5.41) is 0.853. The van der Waals surface area contributed by atoms with Gasteiger partial charge in [0.15, 0.2) is 6.61 Å². The summed E-state index contributed by atoms with van der Waals surface area (Å²) < 4.78 is 5.27. The van der Waals surface area contributed by atoms with Gasteiger partial charge in [0.05, 0.1) is 17.2 Å². The molecule has 1 fully saturated rings. The van der Waals surface area contributed by atoms with Crippen molar-refractivity contribution in [3.8, 4) is 11.3 Å². The Morgan fingerprint density at radius 3 is 2.44 bits per heavy atom. The van der Waals surface area contributed by atoms with E-state index in [0.29, 0.717) is 5.56 Å². The molecule has 1 aliphatic rings. The molecule has 0 unspecified atom stereocenters. The fourth-order valence-corrected chi connectivity index (χ4v) is 3.22. The van der Waals surface area contributed by atoms with Crippen molar-refractivity contribution in [1.29, 1.82) is 0 Å². The maximum absolute atomic E-state index is 12.9. The number of para-hydroxylation sites is 1. The molecule has 0 saturated heterocycles.